The molecule has 17 rings (SSSR count). The summed E-state index contributed by atoms with van der Waals surface area (Å²) in [5.41, 5.74) is -0.957. The second-order valence-corrected chi connectivity index (χ2v) is 35.2. The van der Waals surface area contributed by atoms with Gasteiger partial charge in [0.1, 0.15) is 17.3 Å². The summed E-state index contributed by atoms with van der Waals surface area (Å²) in [6.45, 7) is 54.7. The monoisotopic (exact) mass is 1450 g/mol. The van der Waals surface area contributed by atoms with Crippen LogP contribution in [-0.2, 0) is 61.6 Å². The molecule has 0 aromatic heterocycles. The van der Waals surface area contributed by atoms with Gasteiger partial charge < -0.3 is 90.9 Å². The molecule has 1 N–H and O–H groups in total. The molecule has 12 aliphatic heterocycles. The van der Waals surface area contributed by atoms with E-state index in [9.17, 15) is 5.11 Å². The molecule has 17 aliphatic rings. The van der Waals surface area contributed by atoms with Gasteiger partial charge in [-0.25, -0.2) is 32.9 Å². The van der Waals surface area contributed by atoms with E-state index in [-0.39, 0.29) is 181 Å². The lowest BCUT2D eigenvalue weighted by Crippen LogP contribution is -2.53. The Morgan fingerprint density at radius 3 is 1.35 bits per heavy atom. The average molecular weight is 1460 g/mol. The van der Waals surface area contributed by atoms with Crippen LogP contribution in [-0.4, -0.2) is 197 Å². The molecule has 0 aromatic carbocycles. The third-order valence-electron chi connectivity index (χ3n) is 26.6. The Morgan fingerprint density at radius 1 is 0.430 bits per heavy atom. The fourth-order valence-electron chi connectivity index (χ4n) is 20.9. The highest BCUT2D eigenvalue weighted by atomic mass is 79.9. The van der Waals surface area contributed by atoms with Crippen molar-refractivity contribution >= 4 is 15.9 Å². The quantitative estimate of drug-likeness (QED) is 0.125. The fraction of sp³-hybridized carbons (Fsp3) is 0.912. The van der Waals surface area contributed by atoms with Crippen LogP contribution in [0.5, 0.6) is 0 Å². The molecule has 12 saturated heterocycles. The number of aliphatic hydroxyl groups is 1. The van der Waals surface area contributed by atoms with Crippen molar-refractivity contribution in [3.8, 4) is 0 Å². The van der Waals surface area contributed by atoms with Crippen LogP contribution in [0.15, 0.2) is 12.2 Å². The van der Waals surface area contributed by atoms with Gasteiger partial charge in [0.25, 0.3) is 0 Å². The molecule has 0 aromatic rings. The third kappa shape index (κ3) is 15.8. The summed E-state index contributed by atoms with van der Waals surface area (Å²) in [7, 11) is 0. The highest BCUT2D eigenvalue weighted by Crippen LogP contribution is 2.58. The number of hydrogen-bond donors (Lipinski definition) is 1. The van der Waals surface area contributed by atoms with E-state index in [4.69, 9.17) is 94.4 Å². The van der Waals surface area contributed by atoms with Gasteiger partial charge in [-0.05, 0) is 96.3 Å². The van der Waals surface area contributed by atoms with Crippen molar-refractivity contribution in [2.45, 2.75) is 434 Å². The zero-order valence-electron chi connectivity index (χ0n) is 60.7. The normalized spacial score (nSPS) is 48.5. The Balaban J connectivity index is 0.000000119. The Labute approximate surface area is 607 Å². The van der Waals surface area contributed by atoms with Crippen LogP contribution in [0.1, 0.15) is 250 Å². The van der Waals surface area contributed by atoms with Gasteiger partial charge in [-0.1, -0.05) is 62.7 Å². The lowest BCUT2D eigenvalue weighted by Gasteiger charge is -2.44. The van der Waals surface area contributed by atoms with Crippen molar-refractivity contribution in [3.05, 3.63) is 69.2 Å². The van der Waals surface area contributed by atoms with Crippen molar-refractivity contribution < 1.29 is 66.7 Å². The van der Waals surface area contributed by atoms with E-state index in [1.165, 1.54) is 19.3 Å². The second-order valence-electron chi connectivity index (χ2n) is 34.1. The number of rotatable bonds is 10. The molecule has 10 bridgehead atoms. The Morgan fingerprint density at radius 2 is 0.830 bits per heavy atom. The van der Waals surface area contributed by atoms with E-state index in [0.717, 1.165) is 154 Å². The predicted octanol–water partition coefficient (Wildman–Crippen LogP) is 15.1. The molecule has 19 nitrogen and oxygen atoms in total. The standard InChI is InChI=1S/C20H29NO4.C15H22BrNO2.C15H23NO3.C15H21NO2.C14H21NO3.CH4/c1-13(21-2)10-14-6-7-17-19(23-14)11-15(22-17)18-16(12-19)24-20(25-18)8-4-3-5-9-20;1-9(17-3)6-11-4-5-14-15(19-11)7-12(16)10(2)13(8-15)18-14;1-9(16-3)6-11-4-5-14-15(19-11)7-12(17)10(2)13(8-15)18-14;1-10-6-7-15-9-13(10)17-14(15)5-4-12(18-15)8-11(2)16-3;1-9(15-3)6-11-4-5-13-14(18-11)7-12(17-13)10(2)16-8-14;/h13-18H,3-12H2,1H3;9-14H,4-8H2,1-2H3;9-14,17H,4-8H2,1-2H3;6-7,10-14H,4-5,8-9H2,1-2H3;9-13H,4-8H2,1-2H3;1H4/t13-,14-,15-,16-,17+,18?,19-;9-,10-,11-,12+,13-,14+,15+;9-,10-,11-,12-,13-,14+,15+;10-,11-,12-,13-,14+,15+;9-,10?,11-,12-,13+,14-;/m11111./s1. The van der Waals surface area contributed by atoms with Crippen LogP contribution in [0.25, 0.3) is 24.2 Å². The zero-order chi connectivity index (χ0) is 69.8. The van der Waals surface area contributed by atoms with Crippen molar-refractivity contribution in [3.63, 3.8) is 0 Å². The lowest BCUT2D eigenvalue weighted by molar-refractivity contribution is -0.215. The third-order valence-corrected chi connectivity index (χ3v) is 27.8. The summed E-state index contributed by atoms with van der Waals surface area (Å²) in [5, 5.41) is 10.2. The maximum absolute atomic E-state index is 10.2. The van der Waals surface area contributed by atoms with Gasteiger partial charge in [0.15, 0.2) is 5.79 Å². The first-order valence-electron chi connectivity index (χ1n) is 38.9. The summed E-state index contributed by atoms with van der Waals surface area (Å²) in [5.74, 6) is 0.937. The van der Waals surface area contributed by atoms with Crippen molar-refractivity contribution in [1.29, 1.82) is 0 Å². The molecule has 5 aliphatic carbocycles. The number of aliphatic hydroxyl groups excluding tert-OH is 1. The molecule has 100 heavy (non-hydrogen) atoms. The molecular weight excluding hydrogens is 1330 g/mol. The number of halogens is 1. The van der Waals surface area contributed by atoms with Gasteiger partial charge in [-0.2, -0.15) is 0 Å². The summed E-state index contributed by atoms with van der Waals surface area (Å²) >= 11 is 3.81. The van der Waals surface area contributed by atoms with Gasteiger partial charge in [0.05, 0.1) is 133 Å². The summed E-state index contributed by atoms with van der Waals surface area (Å²) in [4.78, 5) is 18.5. The van der Waals surface area contributed by atoms with Crippen LogP contribution in [0.4, 0.5) is 0 Å². The van der Waals surface area contributed by atoms with Gasteiger partial charge in [-0.15, -0.1) is 0 Å². The van der Waals surface area contributed by atoms with Crippen molar-refractivity contribution in [2.75, 3.05) is 6.61 Å². The van der Waals surface area contributed by atoms with E-state index in [2.05, 4.69) is 80.0 Å². The molecule has 6 spiro atoms. The van der Waals surface area contributed by atoms with Crippen LogP contribution in [0.3, 0.4) is 0 Å². The average Bonchev–Trinajstić information content (AvgIpc) is 1.56. The maximum Gasteiger partial charge on any atom is 0.223 e. The van der Waals surface area contributed by atoms with Crippen LogP contribution in [0.2, 0.25) is 0 Å². The predicted molar refractivity (Wildman–Crippen MR) is 381 cm³/mol. The molecule has 33 atom stereocenters. The van der Waals surface area contributed by atoms with E-state index >= 15 is 0 Å². The molecule has 20 heteroatoms. The van der Waals surface area contributed by atoms with Gasteiger partial charge in [-0.3, -0.25) is 0 Å². The smallest absolute Gasteiger partial charge is 0.223 e. The van der Waals surface area contributed by atoms with E-state index in [1.54, 1.807) is 0 Å². The summed E-state index contributed by atoms with van der Waals surface area (Å²) in [6, 6.07) is 0.225. The molecule has 16 fully saturated rings. The minimum absolute atomic E-state index is 0. The van der Waals surface area contributed by atoms with Crippen molar-refractivity contribution in [2.24, 2.45) is 17.8 Å². The molecule has 0 amide bonds. The first-order chi connectivity index (χ1) is 47.4. The second kappa shape index (κ2) is 31.5. The number of ether oxygens (including phenoxy) is 13. The first-order valence-corrected chi connectivity index (χ1v) is 39.8. The largest absolute Gasteiger partial charge is 0.393 e. The van der Waals surface area contributed by atoms with Crippen LogP contribution >= 0.6 is 15.9 Å². The Bertz CT molecular complexity index is 2960. The SMILES string of the molecule is C.[C-]#[N+][C@H](C)C[C@H]1CC[C@@H]2O[C@@H]3C[C@]2(C=C[C@H]3C)O1.[C-]#[N+][C@H](C)C[C@H]1CC[C@@H]2O[C@@H]3C[C@]2(COC3C)O1.[C-]#[N+][C@H](C)C[C@H]1CC[C@@H]2O[C@@H]3C[C@]2(C[C@@H](O)[C@H]3C)O1.[C-]#[N+][C@H](C)C[C@H]1CC[C@@H]2O[C@@H]3C[C@]2(C[C@H](Br)[C@H]3C)O1.[C-]#[N+][C@H](C)C[C@H]1CC[C@@H]2O[C@@H]3C[C@]2(C[C@H]2OC4(CCCCC4)OC32)O1. The number of nitrogens with zero attached hydrogens (tertiary/aromatic N) is 5. The summed E-state index contributed by atoms with van der Waals surface area (Å²) < 4.78 is 81.8. The molecule has 0 radical (unpaired) electrons. The van der Waals surface area contributed by atoms with Gasteiger partial charge in [0.2, 0.25) is 30.2 Å². The minimum Gasteiger partial charge on any atom is -0.393 e. The lowest BCUT2D eigenvalue weighted by atomic mass is 9.73. The van der Waals surface area contributed by atoms with Crippen LogP contribution in [0, 0.1) is 50.6 Å². The van der Waals surface area contributed by atoms with Crippen LogP contribution < -0.4 is 0 Å². The maximum atomic E-state index is 10.2. The highest BCUT2D eigenvalue weighted by molar-refractivity contribution is 9.09. The molecule has 556 valence electrons. The van der Waals surface area contributed by atoms with Crippen molar-refractivity contribution in [1.82, 2.24) is 0 Å². The summed E-state index contributed by atoms with van der Waals surface area (Å²) in [6.07, 6.45) is 35.5. The minimum atomic E-state index is -0.347. The molecular formula is C80H120BrN5O14. The molecule has 2 unspecified atom stereocenters. The van der Waals surface area contributed by atoms with Gasteiger partial charge >= 0.3 is 0 Å². The first kappa shape index (κ1) is 76.7. The van der Waals surface area contributed by atoms with Gasteiger partial charge in [0, 0.05) is 141 Å². The number of alkyl halides is 1. The highest BCUT2D eigenvalue weighted by Gasteiger charge is 2.67. The van der Waals surface area contributed by atoms with E-state index in [0.29, 0.717) is 41.9 Å². The van der Waals surface area contributed by atoms with E-state index in [1.807, 2.05) is 34.6 Å². The Hall–Kier alpha value is -2.89. The van der Waals surface area contributed by atoms with E-state index < -0.39 is 0 Å². The molecule has 4 saturated carbocycles. The zero-order valence-corrected chi connectivity index (χ0v) is 62.3. The number of hydrogen-bond acceptors (Lipinski definition) is 14. The molecule has 12 heterocycles. The fourth-order valence-corrected chi connectivity index (χ4v) is 21.8. The Kier molecular flexibility index (Phi) is 24.2. The topological polar surface area (TPSA) is 162 Å². The number of fused-ring (bicyclic) bond motifs is 7.